The maximum atomic E-state index is 12.7. The summed E-state index contributed by atoms with van der Waals surface area (Å²) in [7, 11) is 5.67. The molecular formula is C17H16BFO3. The predicted molar refractivity (Wildman–Crippen MR) is 82.9 cm³/mol. The van der Waals surface area contributed by atoms with E-state index in [0.29, 0.717) is 12.4 Å². The zero-order valence-electron chi connectivity index (χ0n) is 12.0. The van der Waals surface area contributed by atoms with Crippen molar-refractivity contribution in [2.45, 2.75) is 18.7 Å². The van der Waals surface area contributed by atoms with E-state index in [2.05, 4.69) is 0 Å². The molecule has 0 fully saturated rings. The number of aliphatic carboxylic acids is 1. The molecule has 3 nitrogen and oxygen atoms in total. The van der Waals surface area contributed by atoms with Gasteiger partial charge in [0.1, 0.15) is 11.6 Å². The van der Waals surface area contributed by atoms with Gasteiger partial charge in [0.25, 0.3) is 0 Å². The third-order valence-electron chi connectivity index (χ3n) is 3.16. The van der Waals surface area contributed by atoms with E-state index in [9.17, 15) is 9.18 Å². The van der Waals surface area contributed by atoms with Crippen LogP contribution in [0.25, 0.3) is 0 Å². The number of ether oxygens (including phenoxy) is 1. The van der Waals surface area contributed by atoms with Crippen LogP contribution in [0.1, 0.15) is 11.1 Å². The number of carboxylic acid groups (broad SMARTS) is 1. The summed E-state index contributed by atoms with van der Waals surface area (Å²) in [4.78, 5) is 10.2. The molecule has 112 valence electrons. The Morgan fingerprint density at radius 1 is 1.27 bits per heavy atom. The van der Waals surface area contributed by atoms with Crippen LogP contribution in [0, 0.1) is 5.82 Å². The van der Waals surface area contributed by atoms with E-state index in [1.54, 1.807) is 18.2 Å². The maximum Gasteiger partial charge on any atom is 0.307 e. The minimum atomic E-state index is -0.786. The van der Waals surface area contributed by atoms with Crippen LogP contribution >= 0.6 is 0 Å². The molecule has 1 unspecified atom stereocenters. The highest BCUT2D eigenvalue weighted by molar-refractivity contribution is 6.12. The molecule has 0 amide bonds. The number of carboxylic acids is 1. The van der Waals surface area contributed by atoms with Gasteiger partial charge in [-0.2, -0.15) is 0 Å². The molecule has 1 heterocycles. The summed E-state index contributed by atoms with van der Waals surface area (Å²) in [5, 5.41) is 8.37. The van der Waals surface area contributed by atoms with E-state index >= 15 is 0 Å². The molecule has 1 aliphatic rings. The van der Waals surface area contributed by atoms with Gasteiger partial charge in [-0.25, -0.2) is 4.39 Å². The summed E-state index contributed by atoms with van der Waals surface area (Å²) in [6.45, 7) is 0.483. The highest BCUT2D eigenvalue weighted by Crippen LogP contribution is 2.28. The standard InChI is InChI=1S/C9H8BFO.C8H8O2/c10-7-3-6-1-2-8(11)4-9(6)12-5-7;9-8(10)6-7-4-2-1-3-5-7/h1-2,4,7H,3,5H2;1-5H,6H2,(H,9,10). The number of hydrogen-bond donors (Lipinski definition) is 1. The highest BCUT2D eigenvalue weighted by atomic mass is 19.1. The lowest BCUT2D eigenvalue weighted by molar-refractivity contribution is -0.136. The average molecular weight is 298 g/mol. The Labute approximate surface area is 130 Å². The second-order valence-corrected chi connectivity index (χ2v) is 5.08. The predicted octanol–water partition coefficient (Wildman–Crippen LogP) is 3.03. The fourth-order valence-corrected chi connectivity index (χ4v) is 2.14. The van der Waals surface area contributed by atoms with Crippen molar-refractivity contribution >= 4 is 13.8 Å². The van der Waals surface area contributed by atoms with Crippen molar-refractivity contribution < 1.29 is 19.0 Å². The molecule has 2 aromatic rings. The van der Waals surface area contributed by atoms with E-state index in [0.717, 1.165) is 17.5 Å². The van der Waals surface area contributed by atoms with Crippen LogP contribution in [0.5, 0.6) is 5.75 Å². The molecular weight excluding hydrogens is 282 g/mol. The second-order valence-electron chi connectivity index (χ2n) is 5.08. The Bertz CT molecular complexity index is 631. The first-order valence-electron chi connectivity index (χ1n) is 6.97. The fraction of sp³-hybridized carbons (Fsp3) is 0.235. The van der Waals surface area contributed by atoms with Crippen LogP contribution in [-0.2, 0) is 17.6 Å². The monoisotopic (exact) mass is 298 g/mol. The van der Waals surface area contributed by atoms with Gasteiger partial charge >= 0.3 is 5.97 Å². The van der Waals surface area contributed by atoms with Gasteiger partial charge in [0.15, 0.2) is 0 Å². The van der Waals surface area contributed by atoms with Crippen LogP contribution in [0.2, 0.25) is 5.82 Å². The van der Waals surface area contributed by atoms with E-state index in [-0.39, 0.29) is 18.1 Å². The molecule has 0 spiro atoms. The smallest absolute Gasteiger partial charge is 0.307 e. The minimum Gasteiger partial charge on any atom is -0.494 e. The molecule has 2 aromatic carbocycles. The summed E-state index contributed by atoms with van der Waals surface area (Å²) < 4.78 is 17.9. The van der Waals surface area contributed by atoms with Gasteiger partial charge in [0.2, 0.25) is 0 Å². The number of halogens is 1. The zero-order chi connectivity index (χ0) is 15.9. The second kappa shape index (κ2) is 7.64. The molecule has 1 atom stereocenters. The highest BCUT2D eigenvalue weighted by Gasteiger charge is 2.15. The molecule has 1 N–H and O–H groups in total. The molecule has 0 aromatic heterocycles. The van der Waals surface area contributed by atoms with Crippen LogP contribution in [0.15, 0.2) is 48.5 Å². The molecule has 0 bridgehead atoms. The quantitative estimate of drug-likeness (QED) is 0.867. The third-order valence-corrected chi connectivity index (χ3v) is 3.16. The first-order chi connectivity index (χ1) is 10.5. The average Bonchev–Trinajstić information content (AvgIpc) is 2.49. The summed E-state index contributed by atoms with van der Waals surface area (Å²) in [5.41, 5.74) is 1.84. The molecule has 2 radical (unpaired) electrons. The van der Waals surface area contributed by atoms with Gasteiger partial charge in [0, 0.05) is 6.07 Å². The van der Waals surface area contributed by atoms with Gasteiger partial charge < -0.3 is 9.84 Å². The Balaban J connectivity index is 0.000000164. The van der Waals surface area contributed by atoms with Gasteiger partial charge in [-0.05, 0) is 29.4 Å². The molecule has 0 saturated heterocycles. The first-order valence-corrected chi connectivity index (χ1v) is 6.97. The molecule has 22 heavy (non-hydrogen) atoms. The topological polar surface area (TPSA) is 46.5 Å². The summed E-state index contributed by atoms with van der Waals surface area (Å²) in [6.07, 6.45) is 0.885. The van der Waals surface area contributed by atoms with Crippen molar-refractivity contribution in [3.8, 4) is 5.75 Å². The van der Waals surface area contributed by atoms with Gasteiger partial charge in [0.05, 0.1) is 20.9 Å². The van der Waals surface area contributed by atoms with Gasteiger partial charge in [-0.1, -0.05) is 36.4 Å². The zero-order valence-corrected chi connectivity index (χ0v) is 12.0. The van der Waals surface area contributed by atoms with Crippen molar-refractivity contribution in [2.24, 2.45) is 0 Å². The van der Waals surface area contributed by atoms with Gasteiger partial charge in [-0.15, -0.1) is 0 Å². The lowest BCUT2D eigenvalue weighted by Gasteiger charge is -2.22. The lowest BCUT2D eigenvalue weighted by Crippen LogP contribution is -2.16. The van der Waals surface area contributed by atoms with Crippen molar-refractivity contribution in [1.29, 1.82) is 0 Å². The number of fused-ring (bicyclic) bond motifs is 1. The number of carbonyl (C=O) groups is 1. The molecule has 0 saturated carbocycles. The van der Waals surface area contributed by atoms with E-state index < -0.39 is 5.97 Å². The largest absolute Gasteiger partial charge is 0.494 e. The third kappa shape index (κ3) is 4.92. The molecule has 5 heteroatoms. The lowest BCUT2D eigenvalue weighted by atomic mass is 9.81. The van der Waals surface area contributed by atoms with Crippen LogP contribution < -0.4 is 4.74 Å². The van der Waals surface area contributed by atoms with E-state index in [1.165, 1.54) is 12.1 Å². The van der Waals surface area contributed by atoms with Crippen molar-refractivity contribution in [3.63, 3.8) is 0 Å². The summed E-state index contributed by atoms with van der Waals surface area (Å²) >= 11 is 0. The van der Waals surface area contributed by atoms with Crippen LogP contribution in [0.4, 0.5) is 4.39 Å². The first kappa shape index (κ1) is 16.1. The summed E-state index contributed by atoms with van der Waals surface area (Å²) in [6, 6.07) is 13.7. The van der Waals surface area contributed by atoms with E-state index in [1.807, 2.05) is 18.2 Å². The van der Waals surface area contributed by atoms with Crippen molar-refractivity contribution in [3.05, 3.63) is 65.5 Å². The maximum absolute atomic E-state index is 12.7. The van der Waals surface area contributed by atoms with Crippen molar-refractivity contribution in [1.82, 2.24) is 0 Å². The summed E-state index contributed by atoms with van der Waals surface area (Å²) in [5.74, 6) is -0.366. The molecule has 0 aliphatic carbocycles. The molecule has 3 rings (SSSR count). The normalized spacial score (nSPS) is 15.8. The number of rotatable bonds is 2. The Morgan fingerprint density at radius 3 is 2.68 bits per heavy atom. The SMILES string of the molecule is O=C(O)Cc1ccccc1.[B]C1COc2cc(F)ccc2C1. The van der Waals surface area contributed by atoms with Gasteiger partial charge in [-0.3, -0.25) is 4.79 Å². The number of hydrogen-bond acceptors (Lipinski definition) is 2. The van der Waals surface area contributed by atoms with Crippen LogP contribution in [0.3, 0.4) is 0 Å². The Kier molecular flexibility index (Phi) is 5.58. The van der Waals surface area contributed by atoms with E-state index in [4.69, 9.17) is 17.7 Å². The molecule has 1 aliphatic heterocycles. The van der Waals surface area contributed by atoms with Crippen LogP contribution in [-0.4, -0.2) is 25.5 Å². The minimum absolute atomic E-state index is 0.0444. The Morgan fingerprint density at radius 2 is 2.00 bits per heavy atom. The fourth-order valence-electron chi connectivity index (χ4n) is 2.14. The van der Waals surface area contributed by atoms with Crippen molar-refractivity contribution in [2.75, 3.05) is 6.61 Å². The Hall–Kier alpha value is -2.30. The number of benzene rings is 2.